The predicted molar refractivity (Wildman–Crippen MR) is 116 cm³/mol. The summed E-state index contributed by atoms with van der Waals surface area (Å²) in [5, 5.41) is 20.3. The highest BCUT2D eigenvalue weighted by molar-refractivity contribution is 8.26. The van der Waals surface area contributed by atoms with Gasteiger partial charge in [-0.1, -0.05) is 35.6 Å². The number of thioether (sulfide) groups is 2. The molecular weight excluding hydrogens is 444 g/mol. The minimum Gasteiger partial charge on any atom is -0.480 e. The number of nitro benzene ring substituents is 1. The van der Waals surface area contributed by atoms with E-state index in [2.05, 4.69) is 0 Å². The van der Waals surface area contributed by atoms with Gasteiger partial charge in [0.15, 0.2) is 0 Å². The second-order valence-electron chi connectivity index (χ2n) is 5.57. The van der Waals surface area contributed by atoms with E-state index in [1.54, 1.807) is 6.08 Å². The molecule has 0 aliphatic carbocycles. The summed E-state index contributed by atoms with van der Waals surface area (Å²) in [4.78, 5) is 35.7. The number of aliphatic carboxylic acids is 1. The highest BCUT2D eigenvalue weighted by Gasteiger charge is 2.40. The molecule has 1 fully saturated rings. The number of halogens is 1. The molecule has 2 rings (SSSR count). The number of carbonyl (C=O) groups is 2. The molecule has 0 saturated carbocycles. The Labute approximate surface area is 179 Å². The number of non-ortho nitro benzene ring substituents is 1. The van der Waals surface area contributed by atoms with Crippen LogP contribution in [0.1, 0.15) is 12.0 Å². The molecule has 1 heterocycles. The minimum absolute atomic E-state index is 0.0425. The highest BCUT2D eigenvalue weighted by Crippen LogP contribution is 2.35. The van der Waals surface area contributed by atoms with E-state index in [0.29, 0.717) is 11.3 Å². The molecule has 148 valence electrons. The summed E-state index contributed by atoms with van der Waals surface area (Å²) in [5.74, 6) is -1.04. The Hall–Kier alpha value is -1.88. The number of amides is 1. The number of carbonyl (C=O) groups excluding carboxylic acids is 1. The van der Waals surface area contributed by atoms with E-state index in [-0.39, 0.29) is 26.4 Å². The molecule has 0 spiro atoms. The van der Waals surface area contributed by atoms with Crippen molar-refractivity contribution in [2.24, 2.45) is 0 Å². The second-order valence-corrected chi connectivity index (χ2v) is 8.66. The Morgan fingerprint density at radius 3 is 2.64 bits per heavy atom. The molecule has 1 N–H and O–H groups in total. The lowest BCUT2D eigenvalue weighted by molar-refractivity contribution is -0.384. The van der Waals surface area contributed by atoms with Crippen molar-refractivity contribution in [3.63, 3.8) is 0 Å². The topological polar surface area (TPSA) is 101 Å². The van der Waals surface area contributed by atoms with Crippen LogP contribution in [-0.4, -0.2) is 49.2 Å². The number of carboxylic acid groups (broad SMARTS) is 1. The van der Waals surface area contributed by atoms with Gasteiger partial charge in [-0.15, -0.1) is 0 Å². The number of allylic oxidation sites excluding steroid dienone is 2. The van der Waals surface area contributed by atoms with Gasteiger partial charge in [0.25, 0.3) is 11.6 Å². The Kier molecular flexibility index (Phi) is 8.05. The van der Waals surface area contributed by atoms with Gasteiger partial charge in [-0.05, 0) is 48.3 Å². The van der Waals surface area contributed by atoms with Crippen molar-refractivity contribution in [1.29, 1.82) is 0 Å². The summed E-state index contributed by atoms with van der Waals surface area (Å²) in [6, 6.07) is 4.73. The molecule has 11 heteroatoms. The number of benzene rings is 1. The lowest BCUT2D eigenvalue weighted by atomic mass is 10.2. The van der Waals surface area contributed by atoms with E-state index < -0.39 is 22.8 Å². The Morgan fingerprint density at radius 1 is 1.46 bits per heavy atom. The van der Waals surface area contributed by atoms with Crippen molar-refractivity contribution in [3.8, 4) is 0 Å². The van der Waals surface area contributed by atoms with Crippen LogP contribution in [0.5, 0.6) is 0 Å². The fraction of sp³-hybridized carbons (Fsp3) is 0.235. The molecule has 1 amide bonds. The molecule has 0 aromatic heterocycles. The van der Waals surface area contributed by atoms with Crippen molar-refractivity contribution < 1.29 is 19.6 Å². The highest BCUT2D eigenvalue weighted by atomic mass is 35.5. The standard InChI is InChI=1S/C17H15ClN2O5S3/c1-27-7-6-13(16(22)23)19-15(21)14(28-17(19)26)9-11(18)8-10-2-4-12(5-3-10)20(24)25/h2-5,8-9,13H,6-7H2,1H3,(H,22,23)/b11-8-,14-9+/t13-/m1/s1. The van der Waals surface area contributed by atoms with Gasteiger partial charge in [0.05, 0.1) is 9.83 Å². The van der Waals surface area contributed by atoms with Crippen molar-refractivity contribution >= 4 is 75.3 Å². The summed E-state index contributed by atoms with van der Waals surface area (Å²) in [7, 11) is 0. The van der Waals surface area contributed by atoms with Gasteiger partial charge in [-0.3, -0.25) is 19.8 Å². The van der Waals surface area contributed by atoms with Crippen molar-refractivity contribution in [2.75, 3.05) is 12.0 Å². The number of hydrogen-bond donors (Lipinski definition) is 1. The molecule has 1 aromatic carbocycles. The summed E-state index contributed by atoms with van der Waals surface area (Å²) in [6.07, 6.45) is 5.09. The van der Waals surface area contributed by atoms with Crippen LogP contribution in [0.15, 0.2) is 40.3 Å². The first-order valence-electron chi connectivity index (χ1n) is 7.85. The van der Waals surface area contributed by atoms with E-state index in [0.717, 1.165) is 16.7 Å². The van der Waals surface area contributed by atoms with Crippen molar-refractivity contribution in [3.05, 3.63) is 56.0 Å². The molecule has 1 saturated heterocycles. The number of rotatable bonds is 8. The average Bonchev–Trinajstić information content (AvgIpc) is 2.89. The quantitative estimate of drug-likeness (QED) is 0.268. The maximum absolute atomic E-state index is 12.7. The van der Waals surface area contributed by atoms with Crippen LogP contribution in [0.4, 0.5) is 5.69 Å². The molecule has 7 nitrogen and oxygen atoms in total. The largest absolute Gasteiger partial charge is 0.480 e. The van der Waals surface area contributed by atoms with Crippen LogP contribution in [-0.2, 0) is 9.59 Å². The summed E-state index contributed by atoms with van der Waals surface area (Å²) in [6.45, 7) is 0. The number of carboxylic acids is 1. The normalized spacial score (nSPS) is 17.3. The van der Waals surface area contributed by atoms with Gasteiger partial charge < -0.3 is 5.11 Å². The molecule has 1 aliphatic heterocycles. The zero-order valence-electron chi connectivity index (χ0n) is 14.5. The molecular formula is C17H15ClN2O5S3. The van der Waals surface area contributed by atoms with Gasteiger partial charge in [0.2, 0.25) is 0 Å². The van der Waals surface area contributed by atoms with Crippen LogP contribution in [0, 0.1) is 10.1 Å². The molecule has 0 radical (unpaired) electrons. The van der Waals surface area contributed by atoms with Crippen LogP contribution in [0.2, 0.25) is 0 Å². The first-order valence-corrected chi connectivity index (χ1v) is 10.8. The lowest BCUT2D eigenvalue weighted by Crippen LogP contribution is -2.44. The third-order valence-electron chi connectivity index (χ3n) is 3.69. The maximum atomic E-state index is 12.7. The predicted octanol–water partition coefficient (Wildman–Crippen LogP) is 4.13. The van der Waals surface area contributed by atoms with E-state index in [1.165, 1.54) is 42.1 Å². The first kappa shape index (κ1) is 22.4. The summed E-state index contributed by atoms with van der Waals surface area (Å²) in [5.41, 5.74) is 0.574. The fourth-order valence-electron chi connectivity index (χ4n) is 2.36. The molecule has 1 aliphatic rings. The molecule has 1 aromatic rings. The van der Waals surface area contributed by atoms with Crippen LogP contribution >= 0.6 is 47.3 Å². The van der Waals surface area contributed by atoms with Crippen molar-refractivity contribution in [1.82, 2.24) is 4.90 Å². The average molecular weight is 459 g/mol. The van der Waals surface area contributed by atoms with Crippen LogP contribution < -0.4 is 0 Å². The Morgan fingerprint density at radius 2 is 2.11 bits per heavy atom. The fourth-order valence-corrected chi connectivity index (χ4v) is 4.47. The van der Waals surface area contributed by atoms with Crippen LogP contribution in [0.25, 0.3) is 6.08 Å². The third kappa shape index (κ3) is 5.57. The van der Waals surface area contributed by atoms with Crippen molar-refractivity contribution in [2.45, 2.75) is 12.5 Å². The molecule has 0 unspecified atom stereocenters. The zero-order valence-corrected chi connectivity index (χ0v) is 17.7. The minimum atomic E-state index is -1.11. The van der Waals surface area contributed by atoms with Gasteiger partial charge in [-0.2, -0.15) is 11.8 Å². The van der Waals surface area contributed by atoms with Gasteiger partial charge in [-0.25, -0.2) is 4.79 Å². The number of nitrogens with zero attached hydrogens (tertiary/aromatic N) is 2. The Balaban J connectivity index is 2.21. The Bertz CT molecular complexity index is 870. The lowest BCUT2D eigenvalue weighted by Gasteiger charge is -2.22. The van der Waals surface area contributed by atoms with Gasteiger partial charge in [0, 0.05) is 17.2 Å². The first-order chi connectivity index (χ1) is 13.2. The zero-order chi connectivity index (χ0) is 20.8. The van der Waals surface area contributed by atoms with Crippen LogP contribution in [0.3, 0.4) is 0 Å². The number of hydrogen-bond acceptors (Lipinski definition) is 7. The summed E-state index contributed by atoms with van der Waals surface area (Å²) < 4.78 is 0.171. The molecule has 1 atom stereocenters. The smallest absolute Gasteiger partial charge is 0.326 e. The van der Waals surface area contributed by atoms with E-state index in [1.807, 2.05) is 6.26 Å². The third-order valence-corrected chi connectivity index (χ3v) is 5.89. The van der Waals surface area contributed by atoms with E-state index in [4.69, 9.17) is 23.8 Å². The number of thiocarbonyl (C=S) groups is 1. The maximum Gasteiger partial charge on any atom is 0.326 e. The van der Waals surface area contributed by atoms with Gasteiger partial charge in [0.1, 0.15) is 10.4 Å². The van der Waals surface area contributed by atoms with E-state index >= 15 is 0 Å². The van der Waals surface area contributed by atoms with E-state index in [9.17, 15) is 24.8 Å². The molecule has 28 heavy (non-hydrogen) atoms. The van der Waals surface area contributed by atoms with Gasteiger partial charge >= 0.3 is 5.97 Å². The second kappa shape index (κ2) is 10.1. The summed E-state index contributed by atoms with van der Waals surface area (Å²) >= 11 is 13.9. The monoisotopic (exact) mass is 458 g/mol. The SMILES string of the molecule is CSCC[C@H](C(=O)O)N1C(=O)/C(=C\C(Cl)=C\c2ccc([N+](=O)[O-])cc2)SC1=S. The number of nitro groups is 1. The molecule has 0 bridgehead atoms.